The van der Waals surface area contributed by atoms with E-state index < -0.39 is 11.6 Å². The van der Waals surface area contributed by atoms with Crippen LogP contribution in [0.4, 0.5) is 13.2 Å². The van der Waals surface area contributed by atoms with Crippen molar-refractivity contribution in [3.05, 3.63) is 101 Å². The van der Waals surface area contributed by atoms with Crippen molar-refractivity contribution in [2.75, 3.05) is 0 Å². The van der Waals surface area contributed by atoms with Gasteiger partial charge in [-0.05, 0) is 78.8 Å². The zero-order valence-electron chi connectivity index (χ0n) is 24.1. The van der Waals surface area contributed by atoms with Crippen LogP contribution in [0.3, 0.4) is 0 Å². The third-order valence-corrected chi connectivity index (χ3v) is 8.22. The molecule has 0 radical (unpaired) electrons. The average Bonchev–Trinajstić information content (AvgIpc) is 2.97. The number of hydrogen-bond acceptors (Lipinski definition) is 0. The van der Waals surface area contributed by atoms with Crippen molar-refractivity contribution in [2.45, 2.75) is 90.9 Å². The van der Waals surface area contributed by atoms with Gasteiger partial charge in [-0.1, -0.05) is 119 Å². The fraction of sp³-hybridized carbons (Fsp3) is 0.405. The summed E-state index contributed by atoms with van der Waals surface area (Å²) in [7, 11) is 0. The molecule has 1 unspecified atom stereocenters. The van der Waals surface area contributed by atoms with Gasteiger partial charge in [0.15, 0.2) is 11.6 Å². The molecule has 1 aliphatic carbocycles. The second-order valence-corrected chi connectivity index (χ2v) is 11.2. The largest absolute Gasteiger partial charge is 0.206 e. The summed E-state index contributed by atoms with van der Waals surface area (Å²) in [6.07, 6.45) is 19.3. The molecular formula is C37H43F3. The molecule has 1 aliphatic rings. The Kier molecular flexibility index (Phi) is 11.3. The van der Waals surface area contributed by atoms with Gasteiger partial charge in [-0.15, -0.1) is 0 Å². The lowest BCUT2D eigenvalue weighted by molar-refractivity contribution is 0.497. The molecule has 4 rings (SSSR count). The molecule has 0 N–H and O–H groups in total. The molecule has 0 nitrogen and oxygen atoms in total. The van der Waals surface area contributed by atoms with Crippen molar-refractivity contribution < 1.29 is 13.2 Å². The Hall–Kier alpha value is -3.07. The summed E-state index contributed by atoms with van der Waals surface area (Å²) in [6, 6.07) is 16.0. The highest BCUT2D eigenvalue weighted by Gasteiger charge is 2.17. The van der Waals surface area contributed by atoms with Crippen LogP contribution in [0.5, 0.6) is 0 Å². The lowest BCUT2D eigenvalue weighted by Gasteiger charge is -2.20. The van der Waals surface area contributed by atoms with Crippen molar-refractivity contribution in [3.63, 3.8) is 0 Å². The Morgan fingerprint density at radius 1 is 0.725 bits per heavy atom. The molecule has 0 aromatic heterocycles. The van der Waals surface area contributed by atoms with Gasteiger partial charge in [-0.3, -0.25) is 0 Å². The zero-order valence-corrected chi connectivity index (χ0v) is 24.1. The highest BCUT2D eigenvalue weighted by atomic mass is 19.2. The Balaban J connectivity index is 1.38. The highest BCUT2D eigenvalue weighted by molar-refractivity contribution is 5.74. The van der Waals surface area contributed by atoms with E-state index in [1.54, 1.807) is 30.3 Å². The zero-order chi connectivity index (χ0) is 28.3. The molecule has 0 saturated carbocycles. The van der Waals surface area contributed by atoms with Gasteiger partial charge in [-0.25, -0.2) is 13.2 Å². The van der Waals surface area contributed by atoms with Gasteiger partial charge in [0.05, 0.1) is 0 Å². The summed E-state index contributed by atoms with van der Waals surface area (Å²) in [4.78, 5) is 0. The van der Waals surface area contributed by atoms with E-state index in [1.165, 1.54) is 32.1 Å². The summed E-state index contributed by atoms with van der Waals surface area (Å²) in [5.41, 5.74) is 4.66. The molecule has 0 heterocycles. The second-order valence-electron chi connectivity index (χ2n) is 11.2. The number of benzene rings is 3. The summed E-state index contributed by atoms with van der Waals surface area (Å²) >= 11 is 0. The predicted molar refractivity (Wildman–Crippen MR) is 164 cm³/mol. The molecule has 40 heavy (non-hydrogen) atoms. The molecule has 3 heteroatoms. The van der Waals surface area contributed by atoms with Crippen LogP contribution in [0.25, 0.3) is 27.8 Å². The topological polar surface area (TPSA) is 0 Å². The fourth-order valence-corrected chi connectivity index (χ4v) is 5.80. The number of halogens is 3. The minimum Gasteiger partial charge on any atom is -0.206 e. The van der Waals surface area contributed by atoms with Crippen LogP contribution >= 0.6 is 0 Å². The Morgan fingerprint density at radius 3 is 2.02 bits per heavy atom. The first-order chi connectivity index (χ1) is 19.5. The predicted octanol–water partition coefficient (Wildman–Crippen LogP) is 11.9. The van der Waals surface area contributed by atoms with E-state index in [-0.39, 0.29) is 11.4 Å². The maximum atomic E-state index is 15.1. The van der Waals surface area contributed by atoms with Crippen LogP contribution in [0.2, 0.25) is 0 Å². The van der Waals surface area contributed by atoms with Crippen LogP contribution in [0.15, 0.2) is 72.8 Å². The molecule has 212 valence electrons. The highest BCUT2D eigenvalue weighted by Crippen LogP contribution is 2.34. The van der Waals surface area contributed by atoms with Crippen LogP contribution in [-0.4, -0.2) is 0 Å². The number of aryl methyl sites for hydroxylation is 1. The quantitative estimate of drug-likeness (QED) is 0.148. The van der Waals surface area contributed by atoms with E-state index in [4.69, 9.17) is 0 Å². The summed E-state index contributed by atoms with van der Waals surface area (Å²) in [5, 5.41) is 0. The van der Waals surface area contributed by atoms with E-state index in [0.717, 1.165) is 55.2 Å². The average molecular weight is 545 g/mol. The van der Waals surface area contributed by atoms with Crippen molar-refractivity contribution in [1.82, 2.24) is 0 Å². The van der Waals surface area contributed by atoms with Gasteiger partial charge >= 0.3 is 0 Å². The van der Waals surface area contributed by atoms with Crippen LogP contribution in [-0.2, 0) is 6.42 Å². The Morgan fingerprint density at radius 2 is 1.38 bits per heavy atom. The minimum atomic E-state index is -0.794. The molecular weight excluding hydrogens is 501 g/mol. The van der Waals surface area contributed by atoms with E-state index in [9.17, 15) is 4.39 Å². The third-order valence-electron chi connectivity index (χ3n) is 8.22. The molecule has 0 saturated heterocycles. The van der Waals surface area contributed by atoms with Crippen LogP contribution in [0.1, 0.15) is 95.6 Å². The van der Waals surface area contributed by atoms with E-state index in [2.05, 4.69) is 25.2 Å². The molecule has 3 aromatic carbocycles. The first-order valence-electron chi connectivity index (χ1n) is 15.2. The summed E-state index contributed by atoms with van der Waals surface area (Å²) < 4.78 is 45.0. The maximum absolute atomic E-state index is 15.1. The number of rotatable bonds is 13. The van der Waals surface area contributed by atoms with Crippen molar-refractivity contribution in [3.8, 4) is 22.3 Å². The first-order valence-corrected chi connectivity index (χ1v) is 15.2. The number of hydrogen-bond donors (Lipinski definition) is 0. The van der Waals surface area contributed by atoms with Gasteiger partial charge < -0.3 is 0 Å². The molecule has 0 fully saturated rings. The smallest absolute Gasteiger partial charge is 0.166 e. The van der Waals surface area contributed by atoms with E-state index in [1.807, 2.05) is 31.2 Å². The summed E-state index contributed by atoms with van der Waals surface area (Å²) in [5.74, 6) is -1.22. The van der Waals surface area contributed by atoms with Gasteiger partial charge in [0.25, 0.3) is 0 Å². The van der Waals surface area contributed by atoms with Crippen molar-refractivity contribution in [1.29, 1.82) is 0 Å². The van der Waals surface area contributed by atoms with Crippen molar-refractivity contribution in [2.24, 2.45) is 5.92 Å². The summed E-state index contributed by atoms with van der Waals surface area (Å²) in [6.45, 7) is 4.25. The molecule has 0 aliphatic heterocycles. The standard InChI is InChI=1S/C37H43F3/c1-3-5-6-7-8-9-10-11-13-31-22-25-34(37(40)36(31)39)30-20-18-28(19-21-30)32-23-24-33(35(38)26-32)29-16-14-27(12-4-2)15-17-29/h4,12,16,18-27H,3,5-11,13-15,17H2,1-2H3. The second kappa shape index (κ2) is 15.1. The third kappa shape index (κ3) is 7.77. The normalized spacial score (nSPS) is 15.5. The molecule has 0 spiro atoms. The minimum absolute atomic E-state index is 0.225. The molecule has 0 amide bonds. The van der Waals surface area contributed by atoms with Crippen LogP contribution in [0, 0.1) is 23.4 Å². The number of allylic oxidation sites excluding steroid dienone is 4. The Bertz CT molecular complexity index is 1300. The maximum Gasteiger partial charge on any atom is 0.166 e. The number of unbranched alkanes of at least 4 members (excludes halogenated alkanes) is 7. The van der Waals surface area contributed by atoms with Gasteiger partial charge in [0.1, 0.15) is 5.82 Å². The molecule has 3 aromatic rings. The molecule has 1 atom stereocenters. The van der Waals surface area contributed by atoms with Crippen LogP contribution < -0.4 is 0 Å². The Labute approximate surface area is 239 Å². The van der Waals surface area contributed by atoms with Gasteiger partial charge in [0, 0.05) is 11.1 Å². The monoisotopic (exact) mass is 544 g/mol. The lowest BCUT2D eigenvalue weighted by Crippen LogP contribution is -2.03. The van der Waals surface area contributed by atoms with Gasteiger partial charge in [-0.2, -0.15) is 0 Å². The molecule has 0 bridgehead atoms. The fourth-order valence-electron chi connectivity index (χ4n) is 5.80. The first kappa shape index (κ1) is 29.9. The van der Waals surface area contributed by atoms with Gasteiger partial charge in [0.2, 0.25) is 0 Å². The lowest BCUT2D eigenvalue weighted by atomic mass is 9.86. The van der Waals surface area contributed by atoms with Crippen molar-refractivity contribution >= 4 is 5.57 Å². The SMILES string of the molecule is CC=CC1CC=C(c2ccc(-c3ccc(-c4ccc(CCCCCCCCCC)c(F)c4F)cc3)cc2F)CC1. The van der Waals surface area contributed by atoms with E-state index in [0.29, 0.717) is 29.0 Å². The van der Waals surface area contributed by atoms with E-state index >= 15 is 8.78 Å².